The Kier molecular flexibility index (Phi) is 62.2. The van der Waals surface area contributed by atoms with E-state index in [1.54, 1.807) is 0 Å². The summed E-state index contributed by atoms with van der Waals surface area (Å²) in [5, 5.41) is 10.6. The van der Waals surface area contributed by atoms with Gasteiger partial charge in [0.15, 0.2) is 12.2 Å². The van der Waals surface area contributed by atoms with Crippen molar-refractivity contribution in [2.45, 2.75) is 388 Å². The maximum Gasteiger partial charge on any atom is 0.472 e. The van der Waals surface area contributed by atoms with E-state index in [9.17, 15) is 43.2 Å². The number of unbranched alkanes of at least 4 members (excludes halogenated alkanes) is 36. The molecule has 6 atom stereocenters. The Hall–Kier alpha value is -1.94. The largest absolute Gasteiger partial charge is 0.472 e. The summed E-state index contributed by atoms with van der Waals surface area (Å²) in [5.74, 6) is 0.890. The fraction of sp³-hybridized carbons (Fsp3) is 0.946. The Morgan fingerprint density at radius 3 is 0.763 bits per heavy atom. The predicted octanol–water partition coefficient (Wildman–Crippen LogP) is 21.3. The third kappa shape index (κ3) is 67.0. The molecule has 0 aliphatic heterocycles. The molecule has 0 radical (unpaired) electrons. The van der Waals surface area contributed by atoms with Crippen molar-refractivity contribution in [3.63, 3.8) is 0 Å². The van der Waals surface area contributed by atoms with Crippen LogP contribution < -0.4 is 0 Å². The maximum absolute atomic E-state index is 13.0. The molecule has 17 nitrogen and oxygen atoms in total. The van der Waals surface area contributed by atoms with Gasteiger partial charge < -0.3 is 33.8 Å². The van der Waals surface area contributed by atoms with Gasteiger partial charge in [-0.2, -0.15) is 0 Å². The lowest BCUT2D eigenvalue weighted by Gasteiger charge is -2.21. The second-order valence-electron chi connectivity index (χ2n) is 28.4. The highest BCUT2D eigenvalue weighted by atomic mass is 31.2. The molecular formula is C74H144O17P2. The van der Waals surface area contributed by atoms with E-state index in [-0.39, 0.29) is 25.7 Å². The molecule has 0 aromatic rings. The molecule has 0 aromatic heterocycles. The van der Waals surface area contributed by atoms with Crippen molar-refractivity contribution in [3.05, 3.63) is 0 Å². The van der Waals surface area contributed by atoms with Crippen LogP contribution in [0, 0.1) is 23.7 Å². The summed E-state index contributed by atoms with van der Waals surface area (Å²) in [6, 6.07) is 0. The van der Waals surface area contributed by atoms with Gasteiger partial charge in [0.05, 0.1) is 26.4 Å². The van der Waals surface area contributed by atoms with Crippen LogP contribution >= 0.6 is 15.6 Å². The molecule has 3 N–H and O–H groups in total. The molecule has 93 heavy (non-hydrogen) atoms. The predicted molar refractivity (Wildman–Crippen MR) is 377 cm³/mol. The van der Waals surface area contributed by atoms with Crippen LogP contribution in [0.25, 0.3) is 0 Å². The summed E-state index contributed by atoms with van der Waals surface area (Å²) in [6.07, 6.45) is 47.3. The normalized spacial score (nSPS) is 14.5. The number of ether oxygens (including phenoxy) is 4. The highest BCUT2D eigenvalue weighted by Gasteiger charge is 2.30. The van der Waals surface area contributed by atoms with Crippen molar-refractivity contribution >= 4 is 39.5 Å². The first-order valence-electron chi connectivity index (χ1n) is 38.2. The lowest BCUT2D eigenvalue weighted by molar-refractivity contribution is -0.161. The van der Waals surface area contributed by atoms with E-state index in [2.05, 4.69) is 55.4 Å². The number of phosphoric ester groups is 2. The van der Waals surface area contributed by atoms with Gasteiger partial charge in [0.1, 0.15) is 19.3 Å². The molecule has 0 saturated carbocycles. The van der Waals surface area contributed by atoms with Gasteiger partial charge in [-0.3, -0.25) is 37.3 Å². The molecule has 0 saturated heterocycles. The van der Waals surface area contributed by atoms with Crippen LogP contribution in [0.4, 0.5) is 0 Å². The first kappa shape index (κ1) is 91.1. The molecule has 0 fully saturated rings. The smallest absolute Gasteiger partial charge is 0.462 e. The van der Waals surface area contributed by atoms with Gasteiger partial charge in [-0.05, 0) is 49.4 Å². The molecular weight excluding hydrogens is 1220 g/mol. The van der Waals surface area contributed by atoms with Crippen LogP contribution in [-0.4, -0.2) is 96.7 Å². The summed E-state index contributed by atoms with van der Waals surface area (Å²) < 4.78 is 68.4. The molecule has 0 spiro atoms. The molecule has 19 heteroatoms. The van der Waals surface area contributed by atoms with E-state index in [0.717, 1.165) is 120 Å². The van der Waals surface area contributed by atoms with Gasteiger partial charge in [0.2, 0.25) is 0 Å². The Morgan fingerprint density at radius 2 is 0.516 bits per heavy atom. The average Bonchev–Trinajstić information content (AvgIpc) is 2.58. The zero-order valence-electron chi connectivity index (χ0n) is 60.9. The van der Waals surface area contributed by atoms with E-state index in [1.807, 2.05) is 0 Å². The number of carbonyl (C=O) groups is 4. The van der Waals surface area contributed by atoms with Crippen molar-refractivity contribution in [1.29, 1.82) is 0 Å². The second-order valence-corrected chi connectivity index (χ2v) is 31.3. The van der Waals surface area contributed by atoms with Crippen LogP contribution in [0.15, 0.2) is 0 Å². The van der Waals surface area contributed by atoms with Gasteiger partial charge >= 0.3 is 39.5 Å². The lowest BCUT2D eigenvalue weighted by Crippen LogP contribution is -2.30. The van der Waals surface area contributed by atoms with Crippen molar-refractivity contribution in [2.24, 2.45) is 23.7 Å². The van der Waals surface area contributed by atoms with Crippen LogP contribution in [0.3, 0.4) is 0 Å². The van der Waals surface area contributed by atoms with E-state index in [0.29, 0.717) is 31.6 Å². The molecule has 0 aromatic carbocycles. The minimum atomic E-state index is -4.95. The van der Waals surface area contributed by atoms with E-state index in [4.69, 9.17) is 37.0 Å². The first-order chi connectivity index (χ1) is 44.6. The van der Waals surface area contributed by atoms with Crippen LogP contribution in [-0.2, 0) is 65.4 Å². The van der Waals surface area contributed by atoms with Gasteiger partial charge in [-0.1, -0.05) is 319 Å². The topological polar surface area (TPSA) is 237 Å². The molecule has 0 aliphatic rings. The number of rotatable bonds is 71. The fourth-order valence-electron chi connectivity index (χ4n) is 11.2. The van der Waals surface area contributed by atoms with Crippen LogP contribution in [0.2, 0.25) is 0 Å². The summed E-state index contributed by atoms with van der Waals surface area (Å²) in [7, 11) is -9.91. The number of hydrogen-bond acceptors (Lipinski definition) is 15. The standard InChI is InChI=1S/C74H144O17P2/c1-9-67(8)53-45-37-32-33-39-47-55-72(77)85-61-70(91-74(79)57-49-41-30-24-20-16-15-18-22-27-35-43-51-65(4)5)63-89-93(82,83)87-59-68(75)58-86-92(80,81)88-62-69(60-84-71(76)54-46-38-31-25-28-36-44-52-66(6)7)90-73(78)56-48-40-29-23-19-14-12-10-11-13-17-21-26-34-42-50-64(2)3/h64-70,75H,9-63H2,1-8H3,(H,80,81)(H,82,83)/t67?,68?,69-,70-/m1/s1. The van der Waals surface area contributed by atoms with E-state index >= 15 is 0 Å². The monoisotopic (exact) mass is 1370 g/mol. The number of aliphatic hydroxyl groups is 1. The lowest BCUT2D eigenvalue weighted by atomic mass is 10.00. The van der Waals surface area contributed by atoms with Crippen molar-refractivity contribution in [1.82, 2.24) is 0 Å². The molecule has 0 bridgehead atoms. The van der Waals surface area contributed by atoms with Crippen molar-refractivity contribution < 1.29 is 80.2 Å². The third-order valence-corrected chi connectivity index (χ3v) is 19.3. The molecule has 552 valence electrons. The maximum atomic E-state index is 13.0. The third-order valence-electron chi connectivity index (χ3n) is 17.4. The molecule has 0 aliphatic carbocycles. The van der Waals surface area contributed by atoms with Crippen LogP contribution in [0.5, 0.6) is 0 Å². The Bertz CT molecular complexity index is 1840. The van der Waals surface area contributed by atoms with Gasteiger partial charge in [0, 0.05) is 25.7 Å². The Labute approximate surface area is 568 Å². The van der Waals surface area contributed by atoms with Gasteiger partial charge in [-0.25, -0.2) is 9.13 Å². The van der Waals surface area contributed by atoms with Crippen molar-refractivity contribution in [3.8, 4) is 0 Å². The summed E-state index contributed by atoms with van der Waals surface area (Å²) in [4.78, 5) is 72.7. The van der Waals surface area contributed by atoms with Gasteiger partial charge in [0.25, 0.3) is 0 Å². The second kappa shape index (κ2) is 63.5. The van der Waals surface area contributed by atoms with Crippen molar-refractivity contribution in [2.75, 3.05) is 39.6 Å². The number of carbonyl (C=O) groups excluding carboxylic acids is 4. The summed E-state index contributed by atoms with van der Waals surface area (Å²) >= 11 is 0. The highest BCUT2D eigenvalue weighted by Crippen LogP contribution is 2.45. The number of aliphatic hydroxyl groups excluding tert-OH is 1. The molecule has 0 heterocycles. The summed E-state index contributed by atoms with van der Waals surface area (Å²) in [5.41, 5.74) is 0. The average molecular weight is 1370 g/mol. The Morgan fingerprint density at radius 1 is 0.301 bits per heavy atom. The molecule has 0 rings (SSSR count). The Balaban J connectivity index is 5.22. The minimum absolute atomic E-state index is 0.105. The highest BCUT2D eigenvalue weighted by molar-refractivity contribution is 7.47. The zero-order chi connectivity index (χ0) is 68.9. The minimum Gasteiger partial charge on any atom is -0.462 e. The van der Waals surface area contributed by atoms with E-state index in [1.165, 1.54) is 161 Å². The number of esters is 4. The fourth-order valence-corrected chi connectivity index (χ4v) is 12.7. The number of phosphoric acid groups is 2. The molecule has 4 unspecified atom stereocenters. The summed E-state index contributed by atoms with van der Waals surface area (Å²) in [6.45, 7) is 14.1. The van der Waals surface area contributed by atoms with Crippen LogP contribution in [0.1, 0.15) is 370 Å². The van der Waals surface area contributed by atoms with Gasteiger partial charge in [-0.15, -0.1) is 0 Å². The first-order valence-corrected chi connectivity index (χ1v) is 41.2. The SMILES string of the molecule is CCC(C)CCCCCCCCC(=O)OC[C@H](COP(=O)(O)OCC(O)COP(=O)(O)OC[C@@H](COC(=O)CCCCCCCCCC(C)C)OC(=O)CCCCCCCCCCCCCCCCCC(C)C)OC(=O)CCCCCCCCCCCCCCC(C)C. The number of hydrogen-bond donors (Lipinski definition) is 3. The van der Waals surface area contributed by atoms with E-state index < -0.39 is 97.5 Å². The quantitative estimate of drug-likeness (QED) is 0.0222. The zero-order valence-corrected chi connectivity index (χ0v) is 62.7. The molecule has 0 amide bonds.